The van der Waals surface area contributed by atoms with Gasteiger partial charge in [-0.3, -0.25) is 4.79 Å². The minimum Gasteiger partial charge on any atom is -0.299 e. The molecule has 1 saturated carbocycles. The SMILES string of the molecule is O=C1CCC1c1cccc(F)c1F. The van der Waals surface area contributed by atoms with Gasteiger partial charge in [-0.25, -0.2) is 8.78 Å². The predicted octanol–water partition coefficient (Wildman–Crippen LogP) is 2.41. The molecule has 0 aliphatic heterocycles. The zero-order valence-corrected chi connectivity index (χ0v) is 6.89. The number of benzene rings is 1. The first-order chi connectivity index (χ1) is 6.20. The number of rotatable bonds is 1. The highest BCUT2D eigenvalue weighted by atomic mass is 19.2. The van der Waals surface area contributed by atoms with Crippen molar-refractivity contribution in [3.8, 4) is 0 Å². The lowest BCUT2D eigenvalue weighted by Gasteiger charge is -2.24. The summed E-state index contributed by atoms with van der Waals surface area (Å²) in [5.74, 6) is -2.15. The quantitative estimate of drug-likeness (QED) is 0.651. The third kappa shape index (κ3) is 1.24. The lowest BCUT2D eigenvalue weighted by Crippen LogP contribution is -2.24. The second-order valence-corrected chi connectivity index (χ2v) is 3.20. The number of hydrogen-bond acceptors (Lipinski definition) is 1. The van der Waals surface area contributed by atoms with Crippen LogP contribution in [0.2, 0.25) is 0 Å². The van der Waals surface area contributed by atoms with Gasteiger partial charge in [0.15, 0.2) is 11.6 Å². The highest BCUT2D eigenvalue weighted by Crippen LogP contribution is 2.34. The molecule has 0 amide bonds. The molecule has 2 rings (SSSR count). The van der Waals surface area contributed by atoms with Crippen LogP contribution in [0.1, 0.15) is 24.3 Å². The van der Waals surface area contributed by atoms with E-state index in [-0.39, 0.29) is 11.3 Å². The minimum absolute atomic E-state index is 0.00417. The van der Waals surface area contributed by atoms with Gasteiger partial charge in [0.25, 0.3) is 0 Å². The Kier molecular flexibility index (Phi) is 1.87. The fraction of sp³-hybridized carbons (Fsp3) is 0.300. The summed E-state index contributed by atoms with van der Waals surface area (Å²) >= 11 is 0. The summed E-state index contributed by atoms with van der Waals surface area (Å²) in [4.78, 5) is 11.0. The van der Waals surface area contributed by atoms with Crippen molar-refractivity contribution in [1.29, 1.82) is 0 Å². The second kappa shape index (κ2) is 2.91. The summed E-state index contributed by atoms with van der Waals surface area (Å²) in [7, 11) is 0. The van der Waals surface area contributed by atoms with E-state index in [4.69, 9.17) is 0 Å². The van der Waals surface area contributed by atoms with Crippen molar-refractivity contribution in [2.75, 3.05) is 0 Å². The van der Waals surface area contributed by atoms with E-state index < -0.39 is 17.6 Å². The Morgan fingerprint density at radius 1 is 1.31 bits per heavy atom. The van der Waals surface area contributed by atoms with Gasteiger partial charge < -0.3 is 0 Å². The van der Waals surface area contributed by atoms with Crippen LogP contribution in [0.3, 0.4) is 0 Å². The first-order valence-electron chi connectivity index (χ1n) is 4.17. The van der Waals surface area contributed by atoms with E-state index in [1.54, 1.807) is 0 Å². The molecule has 0 radical (unpaired) electrons. The Morgan fingerprint density at radius 3 is 2.62 bits per heavy atom. The monoisotopic (exact) mass is 182 g/mol. The van der Waals surface area contributed by atoms with Crippen molar-refractivity contribution in [3.63, 3.8) is 0 Å². The van der Waals surface area contributed by atoms with E-state index >= 15 is 0 Å². The lowest BCUT2D eigenvalue weighted by molar-refractivity contribution is -0.125. The van der Waals surface area contributed by atoms with Crippen molar-refractivity contribution in [3.05, 3.63) is 35.4 Å². The van der Waals surface area contributed by atoms with Gasteiger partial charge in [0.05, 0.1) is 0 Å². The summed E-state index contributed by atoms with van der Waals surface area (Å²) in [5.41, 5.74) is 0.205. The molecule has 1 nitrogen and oxygen atoms in total. The van der Waals surface area contributed by atoms with Crippen LogP contribution in [0.15, 0.2) is 18.2 Å². The van der Waals surface area contributed by atoms with Crippen molar-refractivity contribution in [1.82, 2.24) is 0 Å². The van der Waals surface area contributed by atoms with Gasteiger partial charge in [-0.2, -0.15) is 0 Å². The normalized spacial score (nSPS) is 21.4. The lowest BCUT2D eigenvalue weighted by atomic mass is 9.78. The number of halogens is 2. The molecule has 0 spiro atoms. The number of Topliss-reactive ketones (excluding diaryl/α,β-unsaturated/α-hetero) is 1. The van der Waals surface area contributed by atoms with Crippen LogP contribution < -0.4 is 0 Å². The van der Waals surface area contributed by atoms with Gasteiger partial charge in [0.2, 0.25) is 0 Å². The molecule has 3 heteroatoms. The Labute approximate surface area is 74.4 Å². The molecular formula is C10H8F2O. The molecule has 1 atom stereocenters. The molecule has 1 unspecified atom stereocenters. The predicted molar refractivity (Wildman–Crippen MR) is 43.3 cm³/mol. The maximum absolute atomic E-state index is 13.1. The first-order valence-corrected chi connectivity index (χ1v) is 4.17. The molecule has 1 aromatic rings. The smallest absolute Gasteiger partial charge is 0.162 e. The summed E-state index contributed by atoms with van der Waals surface area (Å²) in [6.45, 7) is 0. The van der Waals surface area contributed by atoms with Gasteiger partial charge in [0, 0.05) is 17.9 Å². The molecule has 1 aromatic carbocycles. The van der Waals surface area contributed by atoms with Gasteiger partial charge in [-0.1, -0.05) is 12.1 Å². The van der Waals surface area contributed by atoms with Crippen LogP contribution in [0.25, 0.3) is 0 Å². The molecule has 1 aliphatic rings. The highest BCUT2D eigenvalue weighted by Gasteiger charge is 2.32. The third-order valence-electron chi connectivity index (χ3n) is 2.42. The average molecular weight is 182 g/mol. The largest absolute Gasteiger partial charge is 0.299 e. The van der Waals surface area contributed by atoms with E-state index in [9.17, 15) is 13.6 Å². The molecule has 1 fully saturated rings. The second-order valence-electron chi connectivity index (χ2n) is 3.20. The van der Waals surface area contributed by atoms with E-state index in [0.29, 0.717) is 12.8 Å². The van der Waals surface area contributed by atoms with E-state index in [1.165, 1.54) is 12.1 Å². The third-order valence-corrected chi connectivity index (χ3v) is 2.42. The summed E-state index contributed by atoms with van der Waals surface area (Å²) in [5, 5.41) is 0. The molecule has 68 valence electrons. The summed E-state index contributed by atoms with van der Waals surface area (Å²) in [6, 6.07) is 3.96. The van der Waals surface area contributed by atoms with Crippen LogP contribution in [0.4, 0.5) is 8.78 Å². The van der Waals surface area contributed by atoms with Crippen LogP contribution in [-0.2, 0) is 4.79 Å². The maximum Gasteiger partial charge on any atom is 0.162 e. The van der Waals surface area contributed by atoms with Crippen LogP contribution in [-0.4, -0.2) is 5.78 Å². The molecule has 0 N–H and O–H groups in total. The van der Waals surface area contributed by atoms with E-state index in [0.717, 1.165) is 6.07 Å². The Hall–Kier alpha value is -1.25. The van der Waals surface area contributed by atoms with Crippen LogP contribution >= 0.6 is 0 Å². The van der Waals surface area contributed by atoms with Gasteiger partial charge in [0.1, 0.15) is 5.78 Å². The number of carbonyl (C=O) groups is 1. The average Bonchev–Trinajstić information content (AvgIpc) is 2.10. The molecule has 13 heavy (non-hydrogen) atoms. The number of carbonyl (C=O) groups excluding carboxylic acids is 1. The standard InChI is InChI=1S/C10H8F2O/c11-8-3-1-2-7(10(8)12)6-4-5-9(6)13/h1-3,6H,4-5H2. The topological polar surface area (TPSA) is 17.1 Å². The molecule has 0 aromatic heterocycles. The number of ketones is 1. The maximum atomic E-state index is 13.1. The van der Waals surface area contributed by atoms with E-state index in [1.807, 2.05) is 0 Å². The van der Waals surface area contributed by atoms with Crippen molar-refractivity contribution < 1.29 is 13.6 Å². The summed E-state index contributed by atoms with van der Waals surface area (Å²) < 4.78 is 25.9. The number of hydrogen-bond donors (Lipinski definition) is 0. The van der Waals surface area contributed by atoms with Crippen molar-refractivity contribution >= 4 is 5.78 Å². The molecule has 0 heterocycles. The highest BCUT2D eigenvalue weighted by molar-refractivity contribution is 5.91. The molecule has 0 bridgehead atoms. The molecular weight excluding hydrogens is 174 g/mol. The zero-order chi connectivity index (χ0) is 9.42. The van der Waals surface area contributed by atoms with Gasteiger partial charge in [-0.05, 0) is 12.5 Å². The fourth-order valence-corrected chi connectivity index (χ4v) is 1.53. The minimum atomic E-state index is -0.878. The molecule has 0 saturated heterocycles. The Bertz CT molecular complexity index is 360. The van der Waals surface area contributed by atoms with Crippen LogP contribution in [0, 0.1) is 11.6 Å². The van der Waals surface area contributed by atoms with Crippen LogP contribution in [0.5, 0.6) is 0 Å². The van der Waals surface area contributed by atoms with Gasteiger partial charge >= 0.3 is 0 Å². The van der Waals surface area contributed by atoms with E-state index in [2.05, 4.69) is 0 Å². The first kappa shape index (κ1) is 8.35. The Morgan fingerprint density at radius 2 is 2.08 bits per heavy atom. The van der Waals surface area contributed by atoms with Crippen molar-refractivity contribution in [2.24, 2.45) is 0 Å². The Balaban J connectivity index is 2.40. The van der Waals surface area contributed by atoms with Crippen molar-refractivity contribution in [2.45, 2.75) is 18.8 Å². The van der Waals surface area contributed by atoms with Gasteiger partial charge in [-0.15, -0.1) is 0 Å². The molecule has 1 aliphatic carbocycles. The zero-order valence-electron chi connectivity index (χ0n) is 6.89. The fourth-order valence-electron chi connectivity index (χ4n) is 1.53. The summed E-state index contributed by atoms with van der Waals surface area (Å²) in [6.07, 6.45) is 1.12.